The Balaban J connectivity index is 1.68. The number of amides is 1. The Hall–Kier alpha value is -3.99. The van der Waals surface area contributed by atoms with Crippen molar-refractivity contribution in [3.63, 3.8) is 0 Å². The first kappa shape index (κ1) is 27.1. The second-order valence-corrected chi connectivity index (χ2v) is 9.88. The molecule has 38 heavy (non-hydrogen) atoms. The van der Waals surface area contributed by atoms with E-state index >= 15 is 0 Å². The van der Waals surface area contributed by atoms with Gasteiger partial charge in [-0.25, -0.2) is 4.98 Å². The highest BCUT2D eigenvalue weighted by Gasteiger charge is 2.20. The number of hydrogen-bond donors (Lipinski definition) is 1. The molecule has 0 spiro atoms. The molecule has 6 nitrogen and oxygen atoms in total. The third-order valence-corrected chi connectivity index (χ3v) is 7.11. The molecule has 0 aliphatic rings. The molecule has 192 valence electrons. The lowest BCUT2D eigenvalue weighted by Gasteiger charge is -2.16. The van der Waals surface area contributed by atoms with Crippen LogP contribution in [-0.4, -0.2) is 30.9 Å². The number of methoxy groups -OCH3 is 2. The van der Waals surface area contributed by atoms with E-state index in [1.807, 2.05) is 67.6 Å². The summed E-state index contributed by atoms with van der Waals surface area (Å²) in [6.45, 7) is 1.91. The maximum Gasteiger partial charge on any atom is 0.225 e. The van der Waals surface area contributed by atoms with Crippen molar-refractivity contribution in [1.29, 1.82) is 5.26 Å². The van der Waals surface area contributed by atoms with Crippen molar-refractivity contribution < 1.29 is 14.3 Å². The minimum absolute atomic E-state index is 0.143. The number of thioether (sulfide) groups is 1. The second-order valence-electron chi connectivity index (χ2n) is 8.36. The number of carbonyl (C=O) groups excluding carboxylic acids is 1. The summed E-state index contributed by atoms with van der Waals surface area (Å²) in [5.74, 6) is 1.38. The first-order chi connectivity index (χ1) is 18.4. The minimum atomic E-state index is -0.143. The van der Waals surface area contributed by atoms with Crippen LogP contribution in [0, 0.1) is 18.3 Å². The number of rotatable bonds is 9. The highest BCUT2D eigenvalue weighted by atomic mass is 35.5. The molecule has 0 bridgehead atoms. The van der Waals surface area contributed by atoms with E-state index in [0.717, 1.165) is 16.7 Å². The molecule has 3 aromatic carbocycles. The zero-order valence-corrected chi connectivity index (χ0v) is 22.8. The molecule has 0 radical (unpaired) electrons. The average molecular weight is 544 g/mol. The SMILES string of the molecule is COc1cccc(-c2cc(-c3ccccc3)nc(SCCC(=O)Nc3cc(Cl)ccc3C)c2C#N)c1OC. The standard InChI is InChI=1S/C30H26ClN3O3S/c1-19-12-13-21(31)16-25(19)33-28(35)14-15-38-30-24(18-32)23(17-26(34-30)20-8-5-4-6-9-20)22-10-7-11-27(36-2)29(22)37-3/h4-13,16-17H,14-15H2,1-3H3,(H,33,35). The molecule has 0 atom stereocenters. The summed E-state index contributed by atoms with van der Waals surface area (Å²) in [4.78, 5) is 17.5. The Bertz CT molecular complexity index is 1500. The van der Waals surface area contributed by atoms with Crippen molar-refractivity contribution in [3.05, 3.63) is 88.9 Å². The fraction of sp³-hybridized carbons (Fsp3) is 0.167. The van der Waals surface area contributed by atoms with Gasteiger partial charge in [-0.15, -0.1) is 11.8 Å². The number of pyridine rings is 1. The zero-order valence-electron chi connectivity index (χ0n) is 21.2. The van der Waals surface area contributed by atoms with Crippen LogP contribution in [-0.2, 0) is 4.79 Å². The first-order valence-electron chi connectivity index (χ1n) is 11.9. The smallest absolute Gasteiger partial charge is 0.225 e. The van der Waals surface area contributed by atoms with Gasteiger partial charge in [0.15, 0.2) is 11.5 Å². The summed E-state index contributed by atoms with van der Waals surface area (Å²) < 4.78 is 11.2. The minimum Gasteiger partial charge on any atom is -0.493 e. The Morgan fingerprint density at radius 1 is 1.03 bits per heavy atom. The Morgan fingerprint density at radius 2 is 1.82 bits per heavy atom. The largest absolute Gasteiger partial charge is 0.493 e. The van der Waals surface area contributed by atoms with E-state index < -0.39 is 0 Å². The number of hydrogen-bond acceptors (Lipinski definition) is 6. The number of halogens is 1. The third-order valence-electron chi connectivity index (χ3n) is 5.90. The van der Waals surface area contributed by atoms with Gasteiger partial charge in [0.25, 0.3) is 0 Å². The number of aromatic nitrogens is 1. The number of ether oxygens (including phenoxy) is 2. The van der Waals surface area contributed by atoms with Gasteiger partial charge in [-0.2, -0.15) is 5.26 Å². The van der Waals surface area contributed by atoms with Gasteiger partial charge in [-0.1, -0.05) is 60.1 Å². The van der Waals surface area contributed by atoms with Gasteiger partial charge in [-0.05, 0) is 36.8 Å². The first-order valence-corrected chi connectivity index (χ1v) is 13.2. The Kier molecular flexibility index (Phi) is 8.90. The molecule has 8 heteroatoms. The second kappa shape index (κ2) is 12.5. The van der Waals surface area contributed by atoms with E-state index in [2.05, 4.69) is 11.4 Å². The molecule has 0 aliphatic carbocycles. The molecule has 4 rings (SSSR count). The summed E-state index contributed by atoms with van der Waals surface area (Å²) in [5.41, 5.74) is 5.05. The van der Waals surface area contributed by atoms with Crippen LogP contribution < -0.4 is 14.8 Å². The van der Waals surface area contributed by atoms with Gasteiger partial charge in [0.2, 0.25) is 5.91 Å². The van der Waals surface area contributed by atoms with Gasteiger partial charge >= 0.3 is 0 Å². The number of nitrogens with one attached hydrogen (secondary N) is 1. The van der Waals surface area contributed by atoms with Gasteiger partial charge in [-0.3, -0.25) is 4.79 Å². The molecule has 1 aromatic heterocycles. The maximum atomic E-state index is 12.7. The van der Waals surface area contributed by atoms with E-state index in [-0.39, 0.29) is 12.3 Å². The molecule has 0 saturated carbocycles. The number of carbonyl (C=O) groups is 1. The molecule has 0 saturated heterocycles. The fourth-order valence-corrected chi connectivity index (χ4v) is 5.10. The van der Waals surface area contributed by atoms with Crippen LogP contribution in [0.1, 0.15) is 17.5 Å². The van der Waals surface area contributed by atoms with Crippen molar-refractivity contribution in [3.8, 4) is 40.0 Å². The predicted molar refractivity (Wildman–Crippen MR) is 153 cm³/mol. The molecule has 0 fully saturated rings. The highest BCUT2D eigenvalue weighted by Crippen LogP contribution is 2.42. The molecule has 1 amide bonds. The highest BCUT2D eigenvalue weighted by molar-refractivity contribution is 7.99. The third kappa shape index (κ3) is 6.10. The van der Waals surface area contributed by atoms with Gasteiger partial charge in [0, 0.05) is 39.6 Å². The van der Waals surface area contributed by atoms with E-state index in [4.69, 9.17) is 26.1 Å². The molecule has 1 heterocycles. The molecule has 0 aliphatic heterocycles. The van der Waals surface area contributed by atoms with Crippen LogP contribution in [0.25, 0.3) is 22.4 Å². The number of benzene rings is 3. The van der Waals surface area contributed by atoms with Crippen molar-refractivity contribution in [2.24, 2.45) is 0 Å². The van der Waals surface area contributed by atoms with Crippen LogP contribution in [0.3, 0.4) is 0 Å². The number of nitrogens with zero attached hydrogens (tertiary/aromatic N) is 2. The monoisotopic (exact) mass is 543 g/mol. The summed E-state index contributed by atoms with van der Waals surface area (Å²) >= 11 is 7.44. The summed E-state index contributed by atoms with van der Waals surface area (Å²) in [6.07, 6.45) is 0.233. The summed E-state index contributed by atoms with van der Waals surface area (Å²) in [7, 11) is 3.15. The van der Waals surface area contributed by atoms with Crippen LogP contribution in [0.2, 0.25) is 5.02 Å². The topological polar surface area (TPSA) is 84.2 Å². The van der Waals surface area contributed by atoms with E-state index in [1.165, 1.54) is 11.8 Å². The molecule has 4 aromatic rings. The lowest BCUT2D eigenvalue weighted by molar-refractivity contribution is -0.115. The lowest BCUT2D eigenvalue weighted by Crippen LogP contribution is -2.13. The molecular weight excluding hydrogens is 518 g/mol. The normalized spacial score (nSPS) is 10.5. The van der Waals surface area contributed by atoms with E-state index in [0.29, 0.717) is 49.8 Å². The number of nitriles is 1. The Labute approximate surface area is 231 Å². The van der Waals surface area contributed by atoms with E-state index in [1.54, 1.807) is 26.4 Å². The van der Waals surface area contributed by atoms with Crippen molar-refractivity contribution in [2.45, 2.75) is 18.4 Å². The molecule has 1 N–H and O–H groups in total. The van der Waals surface area contributed by atoms with Crippen LogP contribution >= 0.6 is 23.4 Å². The van der Waals surface area contributed by atoms with Crippen molar-refractivity contribution >= 4 is 35.0 Å². The Morgan fingerprint density at radius 3 is 2.53 bits per heavy atom. The fourth-order valence-electron chi connectivity index (χ4n) is 3.98. The number of aryl methyl sites for hydroxylation is 1. The van der Waals surface area contributed by atoms with Crippen molar-refractivity contribution in [1.82, 2.24) is 4.98 Å². The number of anilines is 1. The lowest BCUT2D eigenvalue weighted by atomic mass is 9.98. The van der Waals surface area contributed by atoms with Gasteiger partial charge < -0.3 is 14.8 Å². The average Bonchev–Trinajstić information content (AvgIpc) is 2.94. The van der Waals surface area contributed by atoms with Gasteiger partial charge in [0.05, 0.1) is 25.5 Å². The summed E-state index contributed by atoms with van der Waals surface area (Å²) in [5, 5.41) is 14.2. The van der Waals surface area contributed by atoms with Crippen LogP contribution in [0.5, 0.6) is 11.5 Å². The van der Waals surface area contributed by atoms with Gasteiger partial charge in [0.1, 0.15) is 11.1 Å². The maximum absolute atomic E-state index is 12.7. The number of para-hydroxylation sites is 1. The van der Waals surface area contributed by atoms with Crippen molar-refractivity contribution in [2.75, 3.05) is 25.3 Å². The van der Waals surface area contributed by atoms with Crippen LogP contribution in [0.15, 0.2) is 77.8 Å². The van der Waals surface area contributed by atoms with Crippen LogP contribution in [0.4, 0.5) is 5.69 Å². The predicted octanol–water partition coefficient (Wildman–Crippen LogP) is 7.39. The molecular formula is C30H26ClN3O3S. The quantitative estimate of drug-likeness (QED) is 0.222. The molecule has 0 unspecified atom stereocenters. The zero-order chi connectivity index (χ0) is 27.1. The summed E-state index contributed by atoms with van der Waals surface area (Å²) in [6, 6.07) is 24.9. The van der Waals surface area contributed by atoms with E-state index in [9.17, 15) is 10.1 Å².